The first-order valence-corrected chi connectivity index (χ1v) is 9.14. The van der Waals surface area contributed by atoms with Crippen LogP contribution in [0.15, 0.2) is 91.3 Å². The van der Waals surface area contributed by atoms with Crippen molar-refractivity contribution in [3.63, 3.8) is 0 Å². The molecule has 0 spiro atoms. The molecule has 134 valence electrons. The fraction of sp³-hybridized carbons (Fsp3) is 0.0435. The molecule has 0 fully saturated rings. The molecule has 0 saturated heterocycles. The fourth-order valence-electron chi connectivity index (χ4n) is 3.30. The summed E-state index contributed by atoms with van der Waals surface area (Å²) in [7, 11) is 0. The van der Waals surface area contributed by atoms with Gasteiger partial charge >= 0.3 is 0 Å². The molecule has 2 aromatic carbocycles. The second-order valence-electron chi connectivity index (χ2n) is 6.51. The second-order valence-corrected chi connectivity index (χ2v) is 6.51. The zero-order chi connectivity index (χ0) is 18.8. The van der Waals surface area contributed by atoms with E-state index in [1.54, 1.807) is 0 Å². The Morgan fingerprint density at radius 2 is 1.36 bits per heavy atom. The van der Waals surface area contributed by atoms with Crippen molar-refractivity contribution in [3.05, 3.63) is 103 Å². The van der Waals surface area contributed by atoms with Gasteiger partial charge in [0.2, 0.25) is 0 Å². The van der Waals surface area contributed by atoms with Gasteiger partial charge in [0.15, 0.2) is 5.82 Å². The van der Waals surface area contributed by atoms with E-state index in [-0.39, 0.29) is 0 Å². The third-order valence-corrected chi connectivity index (χ3v) is 4.66. The summed E-state index contributed by atoms with van der Waals surface area (Å²) in [4.78, 5) is 9.33. The van der Waals surface area contributed by atoms with E-state index in [1.165, 1.54) is 0 Å². The smallest absolute Gasteiger partial charge is 0.157 e. The largest absolute Gasteiger partial charge is 0.304 e. The minimum atomic E-state index is 0.563. The summed E-state index contributed by atoms with van der Waals surface area (Å²) in [6.45, 7) is 0. The fourth-order valence-corrected chi connectivity index (χ4v) is 3.30. The molecule has 0 atom stereocenters. The van der Waals surface area contributed by atoms with Crippen molar-refractivity contribution in [2.45, 2.75) is 6.42 Å². The number of hydrogen-bond acceptors (Lipinski definition) is 4. The van der Waals surface area contributed by atoms with Gasteiger partial charge in [0, 0.05) is 23.5 Å². The van der Waals surface area contributed by atoms with Crippen LogP contribution < -0.4 is 0 Å². The van der Waals surface area contributed by atoms with Gasteiger partial charge in [0.05, 0.1) is 12.1 Å². The lowest BCUT2D eigenvalue weighted by Crippen LogP contribution is -2.05. The van der Waals surface area contributed by atoms with Crippen molar-refractivity contribution in [1.29, 1.82) is 0 Å². The number of benzene rings is 2. The molecule has 0 N–H and O–H groups in total. The summed E-state index contributed by atoms with van der Waals surface area (Å²) in [5.74, 6) is 0.671. The highest BCUT2D eigenvalue weighted by atomic mass is 15.2. The minimum absolute atomic E-state index is 0.563. The van der Waals surface area contributed by atoms with Gasteiger partial charge in [-0.1, -0.05) is 66.7 Å². The molecule has 0 aliphatic rings. The van der Waals surface area contributed by atoms with E-state index in [4.69, 9.17) is 4.98 Å². The summed E-state index contributed by atoms with van der Waals surface area (Å²) >= 11 is 0. The van der Waals surface area contributed by atoms with Gasteiger partial charge in [0.1, 0.15) is 17.0 Å². The SMILES string of the molecule is c1ccc(-c2nnc(Cc3cnc4ccccn34)nc2-c2ccccc2)cc1. The highest BCUT2D eigenvalue weighted by Gasteiger charge is 2.14. The number of pyridine rings is 1. The molecule has 0 aliphatic heterocycles. The average molecular weight is 363 g/mol. The third kappa shape index (κ3) is 3.03. The molecule has 0 radical (unpaired) electrons. The van der Waals surface area contributed by atoms with Gasteiger partial charge in [-0.05, 0) is 12.1 Å². The molecule has 0 aliphatic carbocycles. The van der Waals surface area contributed by atoms with Gasteiger partial charge in [-0.2, -0.15) is 0 Å². The maximum absolute atomic E-state index is 4.89. The number of rotatable bonds is 4. The molecule has 28 heavy (non-hydrogen) atoms. The summed E-state index contributed by atoms with van der Waals surface area (Å²) in [5, 5.41) is 8.96. The lowest BCUT2D eigenvalue weighted by atomic mass is 10.0. The summed E-state index contributed by atoms with van der Waals surface area (Å²) < 4.78 is 2.05. The van der Waals surface area contributed by atoms with Crippen molar-refractivity contribution in [2.75, 3.05) is 0 Å². The Labute approximate surface area is 162 Å². The first-order valence-electron chi connectivity index (χ1n) is 9.14. The Morgan fingerprint density at radius 1 is 0.679 bits per heavy atom. The molecular weight excluding hydrogens is 346 g/mol. The first-order chi connectivity index (χ1) is 13.9. The van der Waals surface area contributed by atoms with Crippen LogP contribution in [0.3, 0.4) is 0 Å². The van der Waals surface area contributed by atoms with Crippen LogP contribution >= 0.6 is 0 Å². The molecule has 3 heterocycles. The third-order valence-electron chi connectivity index (χ3n) is 4.66. The van der Waals surface area contributed by atoms with Crippen molar-refractivity contribution in [1.82, 2.24) is 24.6 Å². The van der Waals surface area contributed by atoms with E-state index in [1.807, 2.05) is 79.1 Å². The number of imidazole rings is 1. The molecule has 0 bridgehead atoms. The Bertz CT molecular complexity index is 1230. The average Bonchev–Trinajstić information content (AvgIpc) is 3.18. The van der Waals surface area contributed by atoms with Crippen LogP contribution in [-0.2, 0) is 6.42 Å². The second kappa shape index (κ2) is 7.04. The Morgan fingerprint density at radius 3 is 2.11 bits per heavy atom. The lowest BCUT2D eigenvalue weighted by Gasteiger charge is -2.09. The minimum Gasteiger partial charge on any atom is -0.304 e. The van der Waals surface area contributed by atoms with E-state index < -0.39 is 0 Å². The maximum atomic E-state index is 4.89. The Hall–Kier alpha value is -3.86. The summed E-state index contributed by atoms with van der Waals surface area (Å²) in [6, 6.07) is 26.1. The molecule has 5 heteroatoms. The topological polar surface area (TPSA) is 56.0 Å². The van der Waals surface area contributed by atoms with E-state index in [0.717, 1.165) is 33.9 Å². The predicted octanol–water partition coefficient (Wildman–Crippen LogP) is 4.44. The van der Waals surface area contributed by atoms with Crippen molar-refractivity contribution >= 4 is 5.65 Å². The van der Waals surface area contributed by atoms with E-state index in [0.29, 0.717) is 12.2 Å². The number of nitrogens with zero attached hydrogens (tertiary/aromatic N) is 5. The molecule has 0 amide bonds. The van der Waals surface area contributed by atoms with Gasteiger partial charge in [-0.15, -0.1) is 10.2 Å². The maximum Gasteiger partial charge on any atom is 0.157 e. The van der Waals surface area contributed by atoms with Crippen LogP contribution in [-0.4, -0.2) is 24.6 Å². The molecule has 5 aromatic rings. The van der Waals surface area contributed by atoms with Crippen molar-refractivity contribution in [3.8, 4) is 22.5 Å². The summed E-state index contributed by atoms with van der Waals surface area (Å²) in [5.41, 5.74) is 5.59. The van der Waals surface area contributed by atoms with Crippen LogP contribution in [0.4, 0.5) is 0 Å². The van der Waals surface area contributed by atoms with Crippen molar-refractivity contribution in [2.24, 2.45) is 0 Å². The zero-order valence-corrected chi connectivity index (χ0v) is 15.1. The van der Waals surface area contributed by atoms with Gasteiger partial charge in [-0.3, -0.25) is 0 Å². The quantitative estimate of drug-likeness (QED) is 0.473. The van der Waals surface area contributed by atoms with Crippen LogP contribution in [0.25, 0.3) is 28.2 Å². The van der Waals surface area contributed by atoms with Gasteiger partial charge in [-0.25, -0.2) is 9.97 Å². The molecule has 0 unspecified atom stereocenters. The molecule has 5 rings (SSSR count). The molecule has 0 saturated carbocycles. The molecule has 3 aromatic heterocycles. The standard InChI is InChI=1S/C23H17N5/c1-3-9-17(10-4-1)22-23(18-11-5-2-6-12-18)27-26-20(25-22)15-19-16-24-21-13-7-8-14-28(19)21/h1-14,16H,15H2. The highest BCUT2D eigenvalue weighted by molar-refractivity contribution is 5.77. The summed E-state index contributed by atoms with van der Waals surface area (Å²) in [6.07, 6.45) is 4.43. The predicted molar refractivity (Wildman–Crippen MR) is 109 cm³/mol. The number of aromatic nitrogens is 5. The van der Waals surface area contributed by atoms with Crippen LogP contribution in [0.1, 0.15) is 11.5 Å². The Kier molecular flexibility index (Phi) is 4.10. The Balaban J connectivity index is 1.61. The zero-order valence-electron chi connectivity index (χ0n) is 15.1. The molecular formula is C23H17N5. The number of hydrogen-bond donors (Lipinski definition) is 0. The van der Waals surface area contributed by atoms with Crippen molar-refractivity contribution < 1.29 is 0 Å². The van der Waals surface area contributed by atoms with E-state index >= 15 is 0 Å². The normalized spacial score (nSPS) is 11.0. The van der Waals surface area contributed by atoms with Crippen LogP contribution in [0, 0.1) is 0 Å². The van der Waals surface area contributed by atoms with Gasteiger partial charge in [0.25, 0.3) is 0 Å². The van der Waals surface area contributed by atoms with Gasteiger partial charge < -0.3 is 4.40 Å². The van der Waals surface area contributed by atoms with Crippen LogP contribution in [0.5, 0.6) is 0 Å². The monoisotopic (exact) mass is 363 g/mol. The van der Waals surface area contributed by atoms with Crippen LogP contribution in [0.2, 0.25) is 0 Å². The van der Waals surface area contributed by atoms with E-state index in [9.17, 15) is 0 Å². The first kappa shape index (κ1) is 16.3. The lowest BCUT2D eigenvalue weighted by molar-refractivity contribution is 0.853. The highest BCUT2D eigenvalue weighted by Crippen LogP contribution is 2.28. The molecule has 5 nitrogen and oxygen atoms in total. The van der Waals surface area contributed by atoms with E-state index in [2.05, 4.69) is 31.7 Å². The number of fused-ring (bicyclic) bond motifs is 1.